The fraction of sp³-hybridized carbons (Fsp3) is 0.400. The first kappa shape index (κ1) is 9.27. The SMILES string of the molecule is COc1cc(F)cc(O)c1C1(O)CC1. The predicted octanol–water partition coefficient (Wildman–Crippen LogP) is 1.52. The molecule has 0 heterocycles. The summed E-state index contributed by atoms with van der Waals surface area (Å²) >= 11 is 0. The number of ether oxygens (including phenoxy) is 1. The molecule has 3 nitrogen and oxygen atoms in total. The van der Waals surface area contributed by atoms with Crippen molar-refractivity contribution in [3.63, 3.8) is 0 Å². The number of phenolic OH excluding ortho intramolecular Hbond substituents is 1. The molecule has 1 aliphatic rings. The van der Waals surface area contributed by atoms with Gasteiger partial charge in [0.25, 0.3) is 0 Å². The molecule has 0 radical (unpaired) electrons. The van der Waals surface area contributed by atoms with Gasteiger partial charge in [-0.05, 0) is 12.8 Å². The molecule has 2 rings (SSSR count). The summed E-state index contributed by atoms with van der Waals surface area (Å²) < 4.78 is 17.8. The average molecular weight is 198 g/mol. The second-order valence-electron chi connectivity index (χ2n) is 3.53. The van der Waals surface area contributed by atoms with E-state index in [2.05, 4.69) is 0 Å². The third-order valence-electron chi connectivity index (χ3n) is 2.46. The molecule has 1 aromatic rings. The van der Waals surface area contributed by atoms with Crippen LogP contribution in [0.4, 0.5) is 4.39 Å². The highest BCUT2D eigenvalue weighted by Crippen LogP contribution is 2.52. The topological polar surface area (TPSA) is 49.7 Å². The lowest BCUT2D eigenvalue weighted by Gasteiger charge is -2.14. The van der Waals surface area contributed by atoms with Crippen molar-refractivity contribution in [3.05, 3.63) is 23.5 Å². The highest BCUT2D eigenvalue weighted by Gasteiger charge is 2.46. The first-order chi connectivity index (χ1) is 6.57. The molecule has 0 aliphatic heterocycles. The molecule has 76 valence electrons. The average Bonchev–Trinajstić information content (AvgIpc) is 2.82. The lowest BCUT2D eigenvalue weighted by atomic mass is 10.1. The molecular weight excluding hydrogens is 187 g/mol. The highest BCUT2D eigenvalue weighted by molar-refractivity contribution is 5.50. The maximum Gasteiger partial charge on any atom is 0.131 e. The molecule has 4 heteroatoms. The van der Waals surface area contributed by atoms with Gasteiger partial charge in [0.15, 0.2) is 0 Å². The summed E-state index contributed by atoms with van der Waals surface area (Å²) in [6, 6.07) is 2.14. The van der Waals surface area contributed by atoms with E-state index in [4.69, 9.17) is 4.74 Å². The van der Waals surface area contributed by atoms with Gasteiger partial charge in [-0.25, -0.2) is 4.39 Å². The van der Waals surface area contributed by atoms with Crippen LogP contribution in [0, 0.1) is 5.82 Å². The highest BCUT2D eigenvalue weighted by atomic mass is 19.1. The molecule has 0 bridgehead atoms. The number of aromatic hydroxyl groups is 1. The maximum absolute atomic E-state index is 12.9. The van der Waals surface area contributed by atoms with E-state index in [1.54, 1.807) is 0 Å². The number of hydrogen-bond acceptors (Lipinski definition) is 3. The molecule has 0 atom stereocenters. The summed E-state index contributed by atoms with van der Waals surface area (Å²) in [5.74, 6) is -0.628. The van der Waals surface area contributed by atoms with Crippen LogP contribution >= 0.6 is 0 Å². The van der Waals surface area contributed by atoms with Gasteiger partial charge in [0, 0.05) is 12.1 Å². The molecule has 1 aliphatic carbocycles. The van der Waals surface area contributed by atoms with Crippen molar-refractivity contribution in [1.29, 1.82) is 0 Å². The maximum atomic E-state index is 12.9. The van der Waals surface area contributed by atoms with Gasteiger partial charge in [-0.2, -0.15) is 0 Å². The standard InChI is InChI=1S/C10H11FO3/c1-14-8-5-6(11)4-7(12)9(8)10(13)2-3-10/h4-5,12-13H,2-3H2,1H3. The van der Waals surface area contributed by atoms with Crippen LogP contribution in [0.2, 0.25) is 0 Å². The Labute approximate surface area is 80.8 Å². The third kappa shape index (κ3) is 1.32. The van der Waals surface area contributed by atoms with Crippen molar-refractivity contribution in [2.45, 2.75) is 18.4 Å². The van der Waals surface area contributed by atoms with Gasteiger partial charge >= 0.3 is 0 Å². The Bertz CT molecular complexity index is 372. The lowest BCUT2D eigenvalue weighted by molar-refractivity contribution is 0.143. The zero-order valence-corrected chi connectivity index (χ0v) is 7.75. The molecular formula is C10H11FO3. The Kier molecular flexibility index (Phi) is 1.89. The van der Waals surface area contributed by atoms with Gasteiger partial charge in [0.1, 0.15) is 17.3 Å². The number of phenols is 1. The van der Waals surface area contributed by atoms with E-state index in [0.29, 0.717) is 18.4 Å². The monoisotopic (exact) mass is 198 g/mol. The van der Waals surface area contributed by atoms with Crippen LogP contribution in [0.25, 0.3) is 0 Å². The number of rotatable bonds is 2. The number of methoxy groups -OCH3 is 1. The van der Waals surface area contributed by atoms with Gasteiger partial charge < -0.3 is 14.9 Å². The van der Waals surface area contributed by atoms with Crippen LogP contribution in [-0.4, -0.2) is 17.3 Å². The Morgan fingerprint density at radius 3 is 2.57 bits per heavy atom. The van der Waals surface area contributed by atoms with Gasteiger partial charge in [0.05, 0.1) is 18.3 Å². The van der Waals surface area contributed by atoms with Gasteiger partial charge in [-0.3, -0.25) is 0 Å². The Hall–Kier alpha value is -1.29. The van der Waals surface area contributed by atoms with Crippen LogP contribution in [-0.2, 0) is 5.60 Å². The second-order valence-corrected chi connectivity index (χ2v) is 3.53. The van der Waals surface area contributed by atoms with Crippen LogP contribution in [0.5, 0.6) is 11.5 Å². The smallest absolute Gasteiger partial charge is 0.131 e. The van der Waals surface area contributed by atoms with E-state index in [0.717, 1.165) is 12.1 Å². The Balaban J connectivity index is 2.56. The van der Waals surface area contributed by atoms with Crippen molar-refractivity contribution in [2.75, 3.05) is 7.11 Å². The van der Waals surface area contributed by atoms with E-state index < -0.39 is 11.4 Å². The zero-order valence-electron chi connectivity index (χ0n) is 7.75. The van der Waals surface area contributed by atoms with Crippen molar-refractivity contribution in [1.82, 2.24) is 0 Å². The fourth-order valence-electron chi connectivity index (χ4n) is 1.57. The second kappa shape index (κ2) is 2.85. The quantitative estimate of drug-likeness (QED) is 0.757. The molecule has 0 aromatic heterocycles. The molecule has 14 heavy (non-hydrogen) atoms. The summed E-state index contributed by atoms with van der Waals surface area (Å²) in [4.78, 5) is 0. The van der Waals surface area contributed by atoms with Crippen molar-refractivity contribution in [2.24, 2.45) is 0 Å². The molecule has 1 saturated carbocycles. The Morgan fingerprint density at radius 2 is 2.07 bits per heavy atom. The minimum absolute atomic E-state index is 0.197. The molecule has 2 N–H and O–H groups in total. The van der Waals surface area contributed by atoms with Crippen molar-refractivity contribution < 1.29 is 19.3 Å². The molecule has 0 spiro atoms. The lowest BCUT2D eigenvalue weighted by Crippen LogP contribution is -2.07. The van der Waals surface area contributed by atoms with E-state index in [-0.39, 0.29) is 11.5 Å². The summed E-state index contributed by atoms with van der Waals surface area (Å²) in [6.07, 6.45) is 1.14. The number of benzene rings is 1. The normalized spacial score (nSPS) is 17.9. The molecule has 1 fully saturated rings. The summed E-state index contributed by atoms with van der Waals surface area (Å²) in [5.41, 5.74) is -0.732. The van der Waals surface area contributed by atoms with Crippen LogP contribution in [0.1, 0.15) is 18.4 Å². The van der Waals surface area contributed by atoms with Crippen molar-refractivity contribution in [3.8, 4) is 11.5 Å². The fourth-order valence-corrected chi connectivity index (χ4v) is 1.57. The largest absolute Gasteiger partial charge is 0.507 e. The number of halogens is 1. The van der Waals surface area contributed by atoms with E-state index in [9.17, 15) is 14.6 Å². The van der Waals surface area contributed by atoms with Gasteiger partial charge in [0.2, 0.25) is 0 Å². The minimum Gasteiger partial charge on any atom is -0.507 e. The molecule has 1 aromatic carbocycles. The number of aliphatic hydroxyl groups is 1. The van der Waals surface area contributed by atoms with E-state index in [1.165, 1.54) is 7.11 Å². The molecule has 0 saturated heterocycles. The van der Waals surface area contributed by atoms with E-state index >= 15 is 0 Å². The summed E-state index contributed by atoms with van der Waals surface area (Å²) in [7, 11) is 1.38. The first-order valence-corrected chi connectivity index (χ1v) is 4.36. The van der Waals surface area contributed by atoms with Crippen LogP contribution in [0.3, 0.4) is 0 Å². The Morgan fingerprint density at radius 1 is 1.43 bits per heavy atom. The zero-order chi connectivity index (χ0) is 10.3. The molecule has 0 amide bonds. The molecule has 0 unspecified atom stereocenters. The summed E-state index contributed by atoms with van der Waals surface area (Å²) in [6.45, 7) is 0. The van der Waals surface area contributed by atoms with Crippen LogP contribution in [0.15, 0.2) is 12.1 Å². The van der Waals surface area contributed by atoms with E-state index in [1.807, 2.05) is 0 Å². The number of hydrogen-bond donors (Lipinski definition) is 2. The summed E-state index contributed by atoms with van der Waals surface area (Å²) in [5, 5.41) is 19.3. The third-order valence-corrected chi connectivity index (χ3v) is 2.46. The van der Waals surface area contributed by atoms with Gasteiger partial charge in [-0.15, -0.1) is 0 Å². The van der Waals surface area contributed by atoms with Crippen molar-refractivity contribution >= 4 is 0 Å². The predicted molar refractivity (Wildman–Crippen MR) is 47.7 cm³/mol. The van der Waals surface area contributed by atoms with Gasteiger partial charge in [-0.1, -0.05) is 0 Å². The first-order valence-electron chi connectivity index (χ1n) is 4.36. The van der Waals surface area contributed by atoms with Crippen LogP contribution < -0.4 is 4.74 Å². The minimum atomic E-state index is -1.02.